The fraction of sp³-hybridized carbons (Fsp3) is 0.421. The highest BCUT2D eigenvalue weighted by Crippen LogP contribution is 2.44. The third-order valence-electron chi connectivity index (χ3n) is 4.75. The number of nitrogens with zero attached hydrogens (tertiary/aromatic N) is 1. The summed E-state index contributed by atoms with van der Waals surface area (Å²) < 4.78 is 27.4. The molecule has 156 valence electrons. The summed E-state index contributed by atoms with van der Waals surface area (Å²) in [5, 5.41) is 2.88. The highest BCUT2D eigenvalue weighted by atomic mass is 32.2. The third-order valence-corrected chi connectivity index (χ3v) is 10.6. The quantitative estimate of drug-likeness (QED) is 0.692. The maximum Gasteiger partial charge on any atom is 0.272 e. The Kier molecular flexibility index (Phi) is 6.85. The van der Waals surface area contributed by atoms with Gasteiger partial charge in [-0.1, -0.05) is 12.1 Å². The number of aromatic amines is 1. The second-order valence-corrected chi connectivity index (χ2v) is 12.7. The standard InChI is InChI=1S/C19H23N3O3S4/c23-18(21-15-4-1-3-14(11-15)19-27-7-2-8-28-19)17-12-16(13-20-17)29(24,25)22-5-9-26-10-6-22/h1,3-4,11-13,19-20H,2,5-10H2,(H,21,23). The number of benzene rings is 1. The van der Waals surface area contributed by atoms with E-state index in [1.54, 1.807) is 11.8 Å². The molecule has 2 aliphatic heterocycles. The average Bonchev–Trinajstić information content (AvgIpc) is 3.27. The van der Waals surface area contributed by atoms with Gasteiger partial charge in [-0.2, -0.15) is 16.1 Å². The first kappa shape index (κ1) is 21.2. The van der Waals surface area contributed by atoms with Crippen molar-refractivity contribution in [2.75, 3.05) is 41.4 Å². The molecule has 0 aliphatic carbocycles. The van der Waals surface area contributed by atoms with Gasteiger partial charge in [0.15, 0.2) is 0 Å². The molecule has 10 heteroatoms. The molecular weight excluding hydrogens is 446 g/mol. The Labute approximate surface area is 184 Å². The number of aromatic nitrogens is 1. The van der Waals surface area contributed by atoms with Gasteiger partial charge in [0, 0.05) is 36.5 Å². The first-order valence-electron chi connectivity index (χ1n) is 9.45. The Morgan fingerprint density at radius 3 is 2.62 bits per heavy atom. The van der Waals surface area contributed by atoms with E-state index in [1.165, 1.54) is 28.6 Å². The summed E-state index contributed by atoms with van der Waals surface area (Å²) in [5.41, 5.74) is 2.14. The van der Waals surface area contributed by atoms with Gasteiger partial charge in [-0.25, -0.2) is 8.42 Å². The van der Waals surface area contributed by atoms with Gasteiger partial charge in [-0.15, -0.1) is 23.5 Å². The van der Waals surface area contributed by atoms with Crippen molar-refractivity contribution in [3.05, 3.63) is 47.8 Å². The van der Waals surface area contributed by atoms with E-state index in [2.05, 4.69) is 16.4 Å². The van der Waals surface area contributed by atoms with Crippen molar-refractivity contribution < 1.29 is 13.2 Å². The maximum atomic E-state index is 12.8. The van der Waals surface area contributed by atoms with Crippen LogP contribution in [-0.2, 0) is 10.0 Å². The van der Waals surface area contributed by atoms with E-state index < -0.39 is 10.0 Å². The van der Waals surface area contributed by atoms with E-state index >= 15 is 0 Å². The van der Waals surface area contributed by atoms with Crippen LogP contribution in [0.3, 0.4) is 0 Å². The number of carbonyl (C=O) groups is 1. The number of H-pyrrole nitrogens is 1. The van der Waals surface area contributed by atoms with Crippen LogP contribution >= 0.6 is 35.3 Å². The van der Waals surface area contributed by atoms with E-state index in [0.717, 1.165) is 23.0 Å². The summed E-state index contributed by atoms with van der Waals surface area (Å²) in [6, 6.07) is 9.30. The number of anilines is 1. The Morgan fingerprint density at radius 1 is 1.10 bits per heavy atom. The first-order valence-corrected chi connectivity index (χ1v) is 14.1. The lowest BCUT2D eigenvalue weighted by molar-refractivity contribution is 0.102. The van der Waals surface area contributed by atoms with Crippen LogP contribution in [0.5, 0.6) is 0 Å². The molecule has 4 rings (SSSR count). The monoisotopic (exact) mass is 469 g/mol. The summed E-state index contributed by atoms with van der Waals surface area (Å²) in [6.45, 7) is 1.01. The van der Waals surface area contributed by atoms with Crippen molar-refractivity contribution >= 4 is 56.9 Å². The van der Waals surface area contributed by atoms with E-state index in [4.69, 9.17) is 0 Å². The second kappa shape index (κ2) is 9.38. The normalized spacial score (nSPS) is 19.2. The fourth-order valence-electron chi connectivity index (χ4n) is 3.23. The molecule has 6 nitrogen and oxygen atoms in total. The van der Waals surface area contributed by atoms with Crippen LogP contribution < -0.4 is 5.32 Å². The third kappa shape index (κ3) is 4.99. The predicted molar refractivity (Wildman–Crippen MR) is 124 cm³/mol. The molecule has 1 aromatic heterocycles. The molecule has 0 bridgehead atoms. The summed E-state index contributed by atoms with van der Waals surface area (Å²) >= 11 is 5.61. The molecule has 1 amide bonds. The van der Waals surface area contributed by atoms with E-state index in [1.807, 2.05) is 41.7 Å². The van der Waals surface area contributed by atoms with E-state index in [0.29, 0.717) is 23.4 Å². The lowest BCUT2D eigenvalue weighted by atomic mass is 10.2. The number of hydrogen-bond donors (Lipinski definition) is 2. The van der Waals surface area contributed by atoms with Gasteiger partial charge in [0.05, 0.1) is 4.58 Å². The number of carbonyl (C=O) groups excluding carboxylic acids is 1. The summed E-state index contributed by atoms with van der Waals surface area (Å²) in [4.78, 5) is 15.6. The molecule has 0 saturated carbocycles. The molecule has 2 N–H and O–H groups in total. The van der Waals surface area contributed by atoms with Gasteiger partial charge in [0.25, 0.3) is 5.91 Å². The van der Waals surface area contributed by atoms with Gasteiger partial charge < -0.3 is 10.3 Å². The van der Waals surface area contributed by atoms with Crippen molar-refractivity contribution in [1.29, 1.82) is 0 Å². The minimum Gasteiger partial charge on any atom is -0.356 e. The smallest absolute Gasteiger partial charge is 0.272 e. The van der Waals surface area contributed by atoms with Crippen LogP contribution in [0.15, 0.2) is 41.4 Å². The molecule has 0 spiro atoms. The lowest BCUT2D eigenvalue weighted by Gasteiger charge is -2.24. The SMILES string of the molecule is O=C(Nc1cccc(C2SCCCS2)c1)c1cc(S(=O)(=O)N2CCSCC2)c[nH]1. The number of thioether (sulfide) groups is 3. The highest BCUT2D eigenvalue weighted by Gasteiger charge is 2.28. The van der Waals surface area contributed by atoms with Crippen molar-refractivity contribution in [2.45, 2.75) is 15.9 Å². The van der Waals surface area contributed by atoms with Crippen LogP contribution in [0.25, 0.3) is 0 Å². The van der Waals surface area contributed by atoms with Crippen LogP contribution in [0.4, 0.5) is 5.69 Å². The van der Waals surface area contributed by atoms with Gasteiger partial charge in [0.2, 0.25) is 10.0 Å². The molecule has 2 saturated heterocycles. The maximum absolute atomic E-state index is 12.8. The van der Waals surface area contributed by atoms with Gasteiger partial charge in [-0.05, 0) is 41.7 Å². The second-order valence-electron chi connectivity index (χ2n) is 6.77. The number of nitrogens with one attached hydrogen (secondary N) is 2. The summed E-state index contributed by atoms with van der Waals surface area (Å²) in [5.74, 6) is 3.56. The molecule has 2 fully saturated rings. The molecule has 2 aromatic rings. The number of sulfonamides is 1. The molecule has 0 atom stereocenters. The Bertz CT molecular complexity index is 965. The zero-order valence-corrected chi connectivity index (χ0v) is 19.1. The van der Waals surface area contributed by atoms with Crippen molar-refractivity contribution in [2.24, 2.45) is 0 Å². The fourth-order valence-corrected chi connectivity index (χ4v) is 8.68. The summed E-state index contributed by atoms with van der Waals surface area (Å²) in [7, 11) is -3.57. The van der Waals surface area contributed by atoms with Crippen LogP contribution in [0, 0.1) is 0 Å². The zero-order valence-electron chi connectivity index (χ0n) is 15.8. The van der Waals surface area contributed by atoms with Gasteiger partial charge in [-0.3, -0.25) is 4.79 Å². The van der Waals surface area contributed by atoms with Gasteiger partial charge in [0.1, 0.15) is 10.6 Å². The summed E-state index contributed by atoms with van der Waals surface area (Å²) in [6.07, 6.45) is 2.63. The minimum absolute atomic E-state index is 0.137. The van der Waals surface area contributed by atoms with Gasteiger partial charge >= 0.3 is 0 Å². The average molecular weight is 470 g/mol. The number of amides is 1. The molecule has 29 heavy (non-hydrogen) atoms. The topological polar surface area (TPSA) is 82.3 Å². The zero-order chi connectivity index (χ0) is 20.3. The molecule has 0 unspecified atom stereocenters. The molecule has 0 radical (unpaired) electrons. The Balaban J connectivity index is 1.45. The minimum atomic E-state index is -3.57. The molecular formula is C19H23N3O3S4. The van der Waals surface area contributed by atoms with Crippen molar-refractivity contribution in [1.82, 2.24) is 9.29 Å². The molecule has 2 aliphatic rings. The Morgan fingerprint density at radius 2 is 1.86 bits per heavy atom. The van der Waals surface area contributed by atoms with Crippen LogP contribution in [0.1, 0.15) is 27.1 Å². The number of rotatable bonds is 5. The lowest BCUT2D eigenvalue weighted by Crippen LogP contribution is -2.37. The van der Waals surface area contributed by atoms with E-state index in [9.17, 15) is 13.2 Å². The van der Waals surface area contributed by atoms with Crippen molar-refractivity contribution in [3.63, 3.8) is 0 Å². The highest BCUT2D eigenvalue weighted by molar-refractivity contribution is 8.16. The largest absolute Gasteiger partial charge is 0.356 e. The predicted octanol–water partition coefficient (Wildman–Crippen LogP) is 3.87. The number of hydrogen-bond acceptors (Lipinski definition) is 6. The Hall–Kier alpha value is -1.07. The van der Waals surface area contributed by atoms with E-state index in [-0.39, 0.29) is 16.5 Å². The van der Waals surface area contributed by atoms with Crippen LogP contribution in [0.2, 0.25) is 0 Å². The van der Waals surface area contributed by atoms with Crippen molar-refractivity contribution in [3.8, 4) is 0 Å². The molecule has 3 heterocycles. The first-order chi connectivity index (χ1) is 14.0. The van der Waals surface area contributed by atoms with Crippen LogP contribution in [-0.4, -0.2) is 59.7 Å². The molecule has 1 aromatic carbocycles.